The third-order valence-corrected chi connectivity index (χ3v) is 6.98. The minimum Gasteiger partial charge on any atom is -0.338 e. The molecule has 0 bridgehead atoms. The van der Waals surface area contributed by atoms with Gasteiger partial charge in [-0.3, -0.25) is 9.59 Å². The summed E-state index contributed by atoms with van der Waals surface area (Å²) in [5, 5.41) is 4.26. The highest BCUT2D eigenvalue weighted by atomic mass is 33.1. The molecule has 0 fully saturated rings. The van der Waals surface area contributed by atoms with Crippen LogP contribution < -0.4 is 10.6 Å². The Bertz CT molecular complexity index is 495. The van der Waals surface area contributed by atoms with Gasteiger partial charge in [-0.25, -0.2) is 0 Å². The van der Waals surface area contributed by atoms with Crippen LogP contribution in [0, 0.1) is 0 Å². The van der Waals surface area contributed by atoms with E-state index in [1.807, 2.05) is 13.8 Å². The molecule has 0 aliphatic carbocycles. The number of rotatable bonds is 10. The highest BCUT2D eigenvalue weighted by Crippen LogP contribution is 2.23. The fourth-order valence-electron chi connectivity index (χ4n) is 0.973. The largest absolute Gasteiger partial charge is 0.471 e. The first-order valence-corrected chi connectivity index (χ1v) is 14.7. The van der Waals surface area contributed by atoms with Crippen molar-refractivity contribution in [3.05, 3.63) is 0 Å². The van der Waals surface area contributed by atoms with E-state index in [9.17, 15) is 45.5 Å². The molecule has 31 heavy (non-hydrogen) atoms. The number of carbonyl (C=O) groups excluding carboxylic acids is 4. The van der Waals surface area contributed by atoms with Gasteiger partial charge in [0.05, 0.1) is 12.1 Å². The van der Waals surface area contributed by atoms with Gasteiger partial charge < -0.3 is 20.2 Å². The van der Waals surface area contributed by atoms with Gasteiger partial charge in [-0.1, -0.05) is 47.6 Å². The summed E-state index contributed by atoms with van der Waals surface area (Å²) in [5.74, 6) is -0.550. The van der Waals surface area contributed by atoms with E-state index >= 15 is 0 Å². The van der Waals surface area contributed by atoms with E-state index in [0.717, 1.165) is 21.6 Å². The second-order valence-electron chi connectivity index (χ2n) is 5.80. The van der Waals surface area contributed by atoms with E-state index in [2.05, 4.69) is 18.5 Å². The van der Waals surface area contributed by atoms with Crippen molar-refractivity contribution in [1.82, 2.24) is 10.6 Å². The van der Waals surface area contributed by atoms with E-state index < -0.39 is 36.3 Å². The predicted octanol–water partition coefficient (Wildman–Crippen LogP) is 3.65. The van der Waals surface area contributed by atoms with Crippen LogP contribution in [0.3, 0.4) is 0 Å². The molecule has 0 saturated carbocycles. The Morgan fingerprint density at radius 1 is 0.839 bits per heavy atom. The van der Waals surface area contributed by atoms with Gasteiger partial charge in [0.1, 0.15) is 12.6 Å². The normalized spacial score (nSPS) is 12.6. The summed E-state index contributed by atoms with van der Waals surface area (Å²) >= 11 is -0.150. The molecule has 0 saturated heterocycles. The van der Waals surface area contributed by atoms with Gasteiger partial charge in [0.15, 0.2) is 0 Å². The highest BCUT2D eigenvalue weighted by molar-refractivity contribution is 8.76. The Morgan fingerprint density at radius 2 is 1.10 bits per heavy atom. The number of amides is 2. The maximum absolute atomic E-state index is 12.0. The van der Waals surface area contributed by atoms with Crippen LogP contribution in [0.2, 0.25) is 16.9 Å². The molecule has 0 aromatic rings. The molecular formula is C16H27AlF6N2O4S2. The molecule has 0 heterocycles. The average Bonchev–Trinajstić information content (AvgIpc) is 2.69. The Labute approximate surface area is 189 Å². The maximum atomic E-state index is 12.0. The number of carbonyl (C=O) groups is 4. The molecule has 2 amide bonds. The monoisotopic (exact) mass is 516 g/mol. The van der Waals surface area contributed by atoms with Crippen molar-refractivity contribution in [3.8, 4) is 0 Å². The van der Waals surface area contributed by atoms with Gasteiger partial charge in [-0.2, -0.15) is 26.3 Å². The third-order valence-electron chi connectivity index (χ3n) is 2.87. The van der Waals surface area contributed by atoms with Crippen LogP contribution in [0.4, 0.5) is 26.3 Å². The zero-order chi connectivity index (χ0) is 25.3. The Balaban J connectivity index is -0.000000973. The van der Waals surface area contributed by atoms with Gasteiger partial charge in [0.25, 0.3) is 14.1 Å². The van der Waals surface area contributed by atoms with Crippen molar-refractivity contribution in [2.24, 2.45) is 0 Å². The SMILES string of the molecule is CC.C[CH2][Al]([CH3])[CH3].O=CC(CSSCC(C=O)NC(=O)C(F)(F)F)NC(=O)C(F)(F)F. The van der Waals surface area contributed by atoms with Crippen LogP contribution in [0.25, 0.3) is 0 Å². The minimum absolute atomic E-state index is 0.0554. The topological polar surface area (TPSA) is 92.3 Å². The van der Waals surface area contributed by atoms with Gasteiger partial charge in [-0.05, 0) is 0 Å². The van der Waals surface area contributed by atoms with Crippen molar-refractivity contribution in [2.75, 3.05) is 11.5 Å². The smallest absolute Gasteiger partial charge is 0.338 e. The number of alkyl halides is 6. The lowest BCUT2D eigenvalue weighted by Gasteiger charge is -2.15. The zero-order valence-corrected chi connectivity index (χ0v) is 20.5. The number of halogens is 6. The van der Waals surface area contributed by atoms with Crippen molar-refractivity contribution in [2.45, 2.75) is 62.1 Å². The summed E-state index contributed by atoms with van der Waals surface area (Å²) < 4.78 is 72.0. The molecule has 2 N–H and O–H groups in total. The van der Waals surface area contributed by atoms with Crippen molar-refractivity contribution in [3.63, 3.8) is 0 Å². The van der Waals surface area contributed by atoms with Crippen LogP contribution in [0.5, 0.6) is 0 Å². The van der Waals surface area contributed by atoms with Crippen LogP contribution in [0.15, 0.2) is 0 Å². The van der Waals surface area contributed by atoms with E-state index in [4.69, 9.17) is 0 Å². The molecule has 0 radical (unpaired) electrons. The van der Waals surface area contributed by atoms with Crippen molar-refractivity contribution < 1.29 is 45.5 Å². The van der Waals surface area contributed by atoms with Crippen LogP contribution in [-0.2, 0) is 19.2 Å². The molecule has 15 heteroatoms. The second-order valence-corrected chi connectivity index (χ2v) is 12.0. The number of hydrogen-bond acceptors (Lipinski definition) is 6. The second kappa shape index (κ2) is 18.6. The molecule has 0 rings (SSSR count). The first-order valence-electron chi connectivity index (χ1n) is 9.09. The quantitative estimate of drug-likeness (QED) is 0.151. The molecule has 0 spiro atoms. The molecule has 0 aromatic carbocycles. The summed E-state index contributed by atoms with van der Waals surface area (Å²) in [6.45, 7) is 6.26. The van der Waals surface area contributed by atoms with Crippen LogP contribution >= 0.6 is 21.6 Å². The van der Waals surface area contributed by atoms with E-state index in [-0.39, 0.29) is 38.2 Å². The van der Waals surface area contributed by atoms with E-state index in [0.29, 0.717) is 0 Å². The number of hydrogen-bond donors (Lipinski definition) is 2. The number of aldehydes is 2. The van der Waals surface area contributed by atoms with Gasteiger partial charge in [-0.15, -0.1) is 11.6 Å². The summed E-state index contributed by atoms with van der Waals surface area (Å²) in [6.07, 6.45) is -10.2. The Hall–Kier alpha value is -0.908. The summed E-state index contributed by atoms with van der Waals surface area (Å²) in [6, 6.07) is -2.95. The van der Waals surface area contributed by atoms with E-state index in [1.165, 1.54) is 15.9 Å². The fraction of sp³-hybridized carbons (Fsp3) is 0.750. The maximum Gasteiger partial charge on any atom is 0.471 e. The molecule has 2 unspecified atom stereocenters. The number of nitrogens with one attached hydrogen (secondary N) is 2. The van der Waals surface area contributed by atoms with Crippen molar-refractivity contribution >= 4 is 60.1 Å². The zero-order valence-electron chi connectivity index (χ0n) is 17.7. The molecule has 0 aromatic heterocycles. The molecule has 6 nitrogen and oxygen atoms in total. The molecule has 0 aliphatic heterocycles. The summed E-state index contributed by atoms with van der Waals surface area (Å²) in [4.78, 5) is 42.4. The first kappa shape index (κ1) is 34.7. The van der Waals surface area contributed by atoms with Crippen LogP contribution in [-0.4, -0.2) is 74.5 Å². The Kier molecular flexibility index (Phi) is 20.9. The Morgan fingerprint density at radius 3 is 1.26 bits per heavy atom. The summed E-state index contributed by atoms with van der Waals surface area (Å²) in [7, 11) is 1.46. The molecule has 2 atom stereocenters. The highest BCUT2D eigenvalue weighted by Gasteiger charge is 2.40. The van der Waals surface area contributed by atoms with Crippen LogP contribution in [0.1, 0.15) is 20.8 Å². The van der Waals surface area contributed by atoms with Gasteiger partial charge in [0.2, 0.25) is 0 Å². The standard InChI is InChI=1S/C10H10F6N2O4S2.C2H6.C2H5.2CH3.Al/c11-9(12,13)7(21)17-5(1-19)3-23-24-4-6(2-20)18-8(22)10(14,15)16;2*1-2;;;/h1-2,5-6H,3-4H2,(H,17,21)(H,18,22);1-2H3;1H2,2H3;2*1H3;. The summed E-state index contributed by atoms with van der Waals surface area (Å²) in [5.41, 5.74) is 0. The fourth-order valence-corrected chi connectivity index (χ4v) is 3.24. The predicted molar refractivity (Wildman–Crippen MR) is 112 cm³/mol. The lowest BCUT2D eigenvalue weighted by atomic mass is 10.3. The van der Waals surface area contributed by atoms with Gasteiger partial charge >= 0.3 is 24.2 Å². The minimum atomic E-state index is -5.16. The van der Waals surface area contributed by atoms with Crippen molar-refractivity contribution in [1.29, 1.82) is 0 Å². The molecule has 182 valence electrons. The average molecular weight is 517 g/mol. The molecule has 0 aliphatic rings. The lowest BCUT2D eigenvalue weighted by Crippen LogP contribution is -2.45. The van der Waals surface area contributed by atoms with E-state index in [1.54, 1.807) is 0 Å². The molecular weight excluding hydrogens is 489 g/mol. The lowest BCUT2D eigenvalue weighted by molar-refractivity contribution is -0.174. The first-order chi connectivity index (χ1) is 14.2. The van der Waals surface area contributed by atoms with Gasteiger partial charge in [0, 0.05) is 11.5 Å². The third kappa shape index (κ3) is 20.7.